The van der Waals surface area contributed by atoms with Gasteiger partial charge in [0.1, 0.15) is 0 Å². The second-order valence-corrected chi connectivity index (χ2v) is 6.07. The Morgan fingerprint density at radius 3 is 2.53 bits per heavy atom. The Morgan fingerprint density at radius 2 is 1.95 bits per heavy atom. The van der Waals surface area contributed by atoms with E-state index in [0.717, 1.165) is 0 Å². The summed E-state index contributed by atoms with van der Waals surface area (Å²) in [5, 5.41) is 5.31. The summed E-state index contributed by atoms with van der Waals surface area (Å²) in [5.41, 5.74) is 6.20. The molecule has 0 atom stereocenters. The van der Waals surface area contributed by atoms with Crippen molar-refractivity contribution in [2.24, 2.45) is 0 Å². The fourth-order valence-electron chi connectivity index (χ4n) is 1.44. The van der Waals surface area contributed by atoms with Crippen molar-refractivity contribution in [1.29, 1.82) is 0 Å². The first-order valence-corrected chi connectivity index (χ1v) is 6.62. The molecule has 6 heteroatoms. The average molecular weight is 328 g/mol. The van der Waals surface area contributed by atoms with Crippen molar-refractivity contribution in [2.75, 3.05) is 12.3 Å². The average Bonchev–Trinajstić information content (AvgIpc) is 2.27. The number of benzene rings is 1. The molecule has 0 aliphatic carbocycles. The van der Waals surface area contributed by atoms with Crippen LogP contribution in [0.1, 0.15) is 31.1 Å². The van der Waals surface area contributed by atoms with Crippen LogP contribution in [0.2, 0.25) is 0 Å². The molecule has 1 rings (SSSR count). The molecule has 104 valence electrons. The van der Waals surface area contributed by atoms with E-state index in [0.29, 0.717) is 15.7 Å². The van der Waals surface area contributed by atoms with Crippen molar-refractivity contribution in [2.45, 2.75) is 26.3 Å². The number of hydrogen-bond acceptors (Lipinski definition) is 3. The summed E-state index contributed by atoms with van der Waals surface area (Å²) >= 11 is 3.27. The molecule has 0 bridgehead atoms. The molecule has 0 fully saturated rings. The number of nitrogen functional groups attached to an aromatic ring is 1. The van der Waals surface area contributed by atoms with Crippen LogP contribution in [0.3, 0.4) is 0 Å². The first-order valence-electron chi connectivity index (χ1n) is 5.83. The minimum atomic E-state index is -0.344. The predicted octanol–water partition coefficient (Wildman–Crippen LogP) is 1.68. The van der Waals surface area contributed by atoms with E-state index in [4.69, 9.17) is 5.73 Å². The van der Waals surface area contributed by atoms with Gasteiger partial charge in [0.15, 0.2) is 0 Å². The Bertz CT molecular complexity index is 495. The summed E-state index contributed by atoms with van der Waals surface area (Å²) in [7, 11) is 0. The van der Waals surface area contributed by atoms with Gasteiger partial charge in [-0.3, -0.25) is 9.59 Å². The number of carbonyl (C=O) groups is 2. The first-order chi connectivity index (χ1) is 8.69. The van der Waals surface area contributed by atoms with Crippen LogP contribution >= 0.6 is 15.9 Å². The number of nitrogens with two attached hydrogens (primary N) is 1. The van der Waals surface area contributed by atoms with E-state index in [1.165, 1.54) is 0 Å². The highest BCUT2D eigenvalue weighted by molar-refractivity contribution is 9.10. The van der Waals surface area contributed by atoms with Gasteiger partial charge >= 0.3 is 0 Å². The van der Waals surface area contributed by atoms with Gasteiger partial charge in [0, 0.05) is 15.7 Å². The van der Waals surface area contributed by atoms with Crippen LogP contribution in [0.25, 0.3) is 0 Å². The SMILES string of the molecule is CC(C)(C)NC(=O)CNC(=O)c1cc(N)ccc1Br. The Morgan fingerprint density at radius 1 is 1.32 bits per heavy atom. The van der Waals surface area contributed by atoms with Crippen LogP contribution in [-0.2, 0) is 4.79 Å². The van der Waals surface area contributed by atoms with Crippen molar-refractivity contribution in [3.63, 3.8) is 0 Å². The molecule has 0 aliphatic heterocycles. The molecule has 0 radical (unpaired) electrons. The van der Waals surface area contributed by atoms with Crippen LogP contribution in [-0.4, -0.2) is 23.9 Å². The number of halogens is 1. The zero-order valence-corrected chi connectivity index (χ0v) is 12.8. The van der Waals surface area contributed by atoms with Gasteiger partial charge in [-0.1, -0.05) is 0 Å². The van der Waals surface area contributed by atoms with E-state index in [1.807, 2.05) is 20.8 Å². The lowest BCUT2D eigenvalue weighted by Crippen LogP contribution is -2.45. The number of nitrogens with one attached hydrogen (secondary N) is 2. The van der Waals surface area contributed by atoms with Gasteiger partial charge in [-0.2, -0.15) is 0 Å². The van der Waals surface area contributed by atoms with E-state index in [9.17, 15) is 9.59 Å². The largest absolute Gasteiger partial charge is 0.399 e. The highest BCUT2D eigenvalue weighted by atomic mass is 79.9. The van der Waals surface area contributed by atoms with Gasteiger partial charge in [-0.15, -0.1) is 0 Å². The molecule has 4 N–H and O–H groups in total. The van der Waals surface area contributed by atoms with E-state index >= 15 is 0 Å². The summed E-state index contributed by atoms with van der Waals surface area (Å²) < 4.78 is 0.635. The first kappa shape index (κ1) is 15.5. The Hall–Kier alpha value is -1.56. The zero-order valence-electron chi connectivity index (χ0n) is 11.2. The fourth-order valence-corrected chi connectivity index (χ4v) is 1.86. The lowest BCUT2D eigenvalue weighted by Gasteiger charge is -2.20. The third kappa shape index (κ3) is 5.30. The number of anilines is 1. The summed E-state index contributed by atoms with van der Waals surface area (Å²) in [5.74, 6) is -0.580. The normalized spacial score (nSPS) is 10.9. The highest BCUT2D eigenvalue weighted by Crippen LogP contribution is 2.19. The maximum absolute atomic E-state index is 11.9. The van der Waals surface area contributed by atoms with Crippen LogP contribution in [0.5, 0.6) is 0 Å². The van der Waals surface area contributed by atoms with E-state index < -0.39 is 0 Å². The van der Waals surface area contributed by atoms with Crippen LogP contribution in [0, 0.1) is 0 Å². The molecule has 0 unspecified atom stereocenters. The molecule has 19 heavy (non-hydrogen) atoms. The molecule has 5 nitrogen and oxygen atoms in total. The monoisotopic (exact) mass is 327 g/mol. The molecular weight excluding hydrogens is 310 g/mol. The second-order valence-electron chi connectivity index (χ2n) is 5.22. The molecule has 0 aliphatic rings. The molecule has 0 saturated heterocycles. The van der Waals surface area contributed by atoms with E-state index in [-0.39, 0.29) is 23.9 Å². The van der Waals surface area contributed by atoms with Crippen molar-refractivity contribution >= 4 is 33.4 Å². The summed E-state index contributed by atoms with van der Waals surface area (Å²) in [6.07, 6.45) is 0. The molecule has 0 spiro atoms. The standard InChI is InChI=1S/C13H18BrN3O2/c1-13(2,3)17-11(18)7-16-12(19)9-6-8(15)4-5-10(9)14/h4-6H,7,15H2,1-3H3,(H,16,19)(H,17,18). The van der Waals surface area contributed by atoms with Gasteiger partial charge in [0.25, 0.3) is 5.91 Å². The van der Waals surface area contributed by atoms with Gasteiger partial charge in [-0.05, 0) is 54.9 Å². The Kier molecular flexibility index (Phi) is 4.94. The Labute approximate surface area is 121 Å². The summed E-state index contributed by atoms with van der Waals surface area (Å²) in [6, 6.07) is 4.94. The van der Waals surface area contributed by atoms with Crippen molar-refractivity contribution in [3.8, 4) is 0 Å². The number of amides is 2. The van der Waals surface area contributed by atoms with Crippen molar-refractivity contribution in [3.05, 3.63) is 28.2 Å². The quantitative estimate of drug-likeness (QED) is 0.738. The summed E-state index contributed by atoms with van der Waals surface area (Å²) in [6.45, 7) is 5.56. The van der Waals surface area contributed by atoms with Gasteiger partial charge in [-0.25, -0.2) is 0 Å². The molecular formula is C13H18BrN3O2. The highest BCUT2D eigenvalue weighted by Gasteiger charge is 2.15. The van der Waals surface area contributed by atoms with Crippen molar-refractivity contribution in [1.82, 2.24) is 10.6 Å². The number of rotatable bonds is 3. The molecule has 1 aromatic carbocycles. The van der Waals surface area contributed by atoms with Crippen LogP contribution in [0.15, 0.2) is 22.7 Å². The van der Waals surface area contributed by atoms with Crippen molar-refractivity contribution < 1.29 is 9.59 Å². The van der Waals surface area contributed by atoms with Crippen LogP contribution < -0.4 is 16.4 Å². The molecule has 2 amide bonds. The molecule has 0 aromatic heterocycles. The van der Waals surface area contributed by atoms with Gasteiger partial charge < -0.3 is 16.4 Å². The zero-order chi connectivity index (χ0) is 14.6. The second kappa shape index (κ2) is 6.06. The van der Waals surface area contributed by atoms with Crippen LogP contribution in [0.4, 0.5) is 5.69 Å². The van der Waals surface area contributed by atoms with E-state index in [1.54, 1.807) is 18.2 Å². The third-order valence-electron chi connectivity index (χ3n) is 2.16. The summed E-state index contributed by atoms with van der Waals surface area (Å²) in [4.78, 5) is 23.5. The lowest BCUT2D eigenvalue weighted by molar-refractivity contribution is -0.121. The maximum atomic E-state index is 11.9. The minimum absolute atomic E-state index is 0.0721. The molecule has 1 aromatic rings. The number of carbonyl (C=O) groups excluding carboxylic acids is 2. The maximum Gasteiger partial charge on any atom is 0.252 e. The topological polar surface area (TPSA) is 84.2 Å². The molecule has 0 heterocycles. The van der Waals surface area contributed by atoms with Gasteiger partial charge in [0.2, 0.25) is 5.91 Å². The van der Waals surface area contributed by atoms with E-state index in [2.05, 4.69) is 26.6 Å². The minimum Gasteiger partial charge on any atom is -0.399 e. The lowest BCUT2D eigenvalue weighted by atomic mass is 10.1. The fraction of sp³-hybridized carbons (Fsp3) is 0.385. The smallest absolute Gasteiger partial charge is 0.252 e. The number of hydrogen-bond donors (Lipinski definition) is 3. The van der Waals surface area contributed by atoms with Gasteiger partial charge in [0.05, 0.1) is 12.1 Å². The predicted molar refractivity (Wildman–Crippen MR) is 78.8 cm³/mol. The third-order valence-corrected chi connectivity index (χ3v) is 2.85. The molecule has 0 saturated carbocycles. The Balaban J connectivity index is 2.61.